The first kappa shape index (κ1) is 12.3. The molecule has 17 heavy (non-hydrogen) atoms. The van der Waals surface area contributed by atoms with Crippen LogP contribution in [0, 0.1) is 0 Å². The average Bonchev–Trinajstić information content (AvgIpc) is 2.32. The molecule has 0 spiro atoms. The third kappa shape index (κ3) is 2.42. The van der Waals surface area contributed by atoms with E-state index >= 15 is 0 Å². The number of nitrogens with two attached hydrogens (primary N) is 1. The monoisotopic (exact) mass is 253 g/mol. The van der Waals surface area contributed by atoms with Gasteiger partial charge in [-0.3, -0.25) is 4.79 Å². The highest BCUT2D eigenvalue weighted by atomic mass is 35.5. The maximum absolute atomic E-state index is 12.5. The van der Waals surface area contributed by atoms with E-state index in [2.05, 4.69) is 10.3 Å². The fraction of sp³-hybridized carbons (Fsp3) is 0.500. The number of pyridine rings is 1. The molecular formula is C12H16ClN3O. The van der Waals surface area contributed by atoms with Crippen molar-refractivity contribution >= 4 is 23.2 Å². The van der Waals surface area contributed by atoms with Crippen LogP contribution in [-0.2, 0) is 0 Å². The Hall–Kier alpha value is -1.13. The van der Waals surface area contributed by atoms with E-state index in [1.165, 1.54) is 6.20 Å². The molecule has 4 nitrogen and oxygen atoms in total. The summed E-state index contributed by atoms with van der Waals surface area (Å²) in [7, 11) is 0. The Kier molecular flexibility index (Phi) is 3.35. The quantitative estimate of drug-likeness (QED) is 0.792. The van der Waals surface area contributed by atoms with Crippen LogP contribution < -0.4 is 11.1 Å². The van der Waals surface area contributed by atoms with Crippen molar-refractivity contribution in [3.8, 4) is 0 Å². The minimum atomic E-state index is -0.543. The van der Waals surface area contributed by atoms with Crippen molar-refractivity contribution in [1.82, 2.24) is 10.3 Å². The van der Waals surface area contributed by atoms with E-state index in [1.54, 1.807) is 6.07 Å². The maximum atomic E-state index is 12.5. The fourth-order valence-electron chi connectivity index (χ4n) is 2.18. The van der Waals surface area contributed by atoms with E-state index < -0.39 is 5.54 Å². The smallest absolute Gasteiger partial charge is 0.186 e. The van der Waals surface area contributed by atoms with E-state index in [1.807, 2.05) is 6.92 Å². The van der Waals surface area contributed by atoms with Crippen LogP contribution in [0.2, 0.25) is 5.02 Å². The van der Waals surface area contributed by atoms with Crippen LogP contribution in [-0.4, -0.2) is 22.9 Å². The topological polar surface area (TPSA) is 68.0 Å². The van der Waals surface area contributed by atoms with Crippen LogP contribution in [0.1, 0.15) is 36.5 Å². The Morgan fingerprint density at radius 3 is 3.00 bits per heavy atom. The molecule has 5 heteroatoms. The number of hydrogen-bond donors (Lipinski definition) is 2. The van der Waals surface area contributed by atoms with Gasteiger partial charge in [0.1, 0.15) is 5.82 Å². The van der Waals surface area contributed by atoms with Crippen molar-refractivity contribution in [2.45, 2.75) is 31.7 Å². The van der Waals surface area contributed by atoms with Crippen molar-refractivity contribution < 1.29 is 4.79 Å². The molecule has 0 bridgehead atoms. The Bertz CT molecular complexity index is 441. The van der Waals surface area contributed by atoms with E-state index in [0.717, 1.165) is 25.8 Å². The molecule has 0 amide bonds. The summed E-state index contributed by atoms with van der Waals surface area (Å²) in [6.45, 7) is 2.77. The van der Waals surface area contributed by atoms with Crippen molar-refractivity contribution in [3.05, 3.63) is 22.8 Å². The lowest BCUT2D eigenvalue weighted by atomic mass is 9.84. The van der Waals surface area contributed by atoms with Gasteiger partial charge in [-0.25, -0.2) is 4.98 Å². The fourth-order valence-corrected chi connectivity index (χ4v) is 2.34. The highest BCUT2D eigenvalue weighted by Crippen LogP contribution is 2.26. The first-order valence-electron chi connectivity index (χ1n) is 5.74. The average molecular weight is 254 g/mol. The molecule has 1 fully saturated rings. The van der Waals surface area contributed by atoms with Gasteiger partial charge in [0, 0.05) is 6.20 Å². The predicted octanol–water partition coefficient (Wildman–Crippen LogP) is 2.03. The van der Waals surface area contributed by atoms with Crippen molar-refractivity contribution in [1.29, 1.82) is 0 Å². The summed E-state index contributed by atoms with van der Waals surface area (Å²) >= 11 is 5.85. The summed E-state index contributed by atoms with van der Waals surface area (Å²) in [4.78, 5) is 16.4. The SMILES string of the molecule is CC1(C(=O)c2cc(Cl)cnc2N)CCCCN1. The Morgan fingerprint density at radius 1 is 1.59 bits per heavy atom. The summed E-state index contributed by atoms with van der Waals surface area (Å²) in [6.07, 6.45) is 4.41. The second kappa shape index (κ2) is 4.63. The number of anilines is 1. The van der Waals surface area contributed by atoms with Crippen LogP contribution >= 0.6 is 11.6 Å². The molecule has 1 aromatic rings. The second-order valence-corrected chi connectivity index (χ2v) is 5.07. The Labute approximate surface area is 106 Å². The van der Waals surface area contributed by atoms with E-state index in [4.69, 9.17) is 17.3 Å². The van der Waals surface area contributed by atoms with Gasteiger partial charge < -0.3 is 11.1 Å². The standard InChI is InChI=1S/C12H16ClN3O/c1-12(4-2-3-5-16-12)10(17)9-6-8(13)7-15-11(9)14/h6-7,16H,2-5H2,1H3,(H2,14,15). The van der Waals surface area contributed by atoms with Crippen molar-refractivity contribution in [2.75, 3.05) is 12.3 Å². The number of carbonyl (C=O) groups excluding carboxylic acids is 1. The number of nitrogens with one attached hydrogen (secondary N) is 1. The molecule has 92 valence electrons. The molecule has 0 radical (unpaired) electrons. The summed E-state index contributed by atoms with van der Waals surface area (Å²) in [5.41, 5.74) is 5.61. The largest absolute Gasteiger partial charge is 0.383 e. The van der Waals surface area contributed by atoms with E-state index in [0.29, 0.717) is 10.6 Å². The Morgan fingerprint density at radius 2 is 2.35 bits per heavy atom. The number of carbonyl (C=O) groups is 1. The highest BCUT2D eigenvalue weighted by Gasteiger charge is 2.36. The number of ketones is 1. The lowest BCUT2D eigenvalue weighted by Crippen LogP contribution is -2.52. The van der Waals surface area contributed by atoms with Crippen LogP contribution in [0.3, 0.4) is 0 Å². The van der Waals surface area contributed by atoms with Crippen LogP contribution in [0.4, 0.5) is 5.82 Å². The number of nitrogens with zero attached hydrogens (tertiary/aromatic N) is 1. The second-order valence-electron chi connectivity index (χ2n) is 4.63. The van der Waals surface area contributed by atoms with Gasteiger partial charge in [-0.2, -0.15) is 0 Å². The summed E-state index contributed by atoms with van der Waals surface area (Å²) < 4.78 is 0. The molecule has 2 rings (SSSR count). The molecule has 0 aromatic carbocycles. The van der Waals surface area contributed by atoms with Gasteiger partial charge >= 0.3 is 0 Å². The summed E-state index contributed by atoms with van der Waals surface area (Å²) in [6, 6.07) is 1.59. The molecule has 0 aliphatic carbocycles. The third-order valence-corrected chi connectivity index (χ3v) is 3.46. The molecule has 3 N–H and O–H groups in total. The van der Waals surface area contributed by atoms with Crippen LogP contribution in [0.25, 0.3) is 0 Å². The molecular weight excluding hydrogens is 238 g/mol. The molecule has 1 aliphatic rings. The molecule has 1 atom stereocenters. The highest BCUT2D eigenvalue weighted by molar-refractivity contribution is 6.31. The summed E-state index contributed by atoms with van der Waals surface area (Å²) in [5.74, 6) is 0.220. The van der Waals surface area contributed by atoms with Gasteiger partial charge in [-0.05, 0) is 38.8 Å². The molecule has 1 aliphatic heterocycles. The van der Waals surface area contributed by atoms with Gasteiger partial charge in [0.2, 0.25) is 0 Å². The lowest BCUT2D eigenvalue weighted by Gasteiger charge is -2.33. The van der Waals surface area contributed by atoms with Crippen molar-refractivity contribution in [3.63, 3.8) is 0 Å². The molecule has 1 aromatic heterocycles. The number of rotatable bonds is 2. The summed E-state index contributed by atoms with van der Waals surface area (Å²) in [5, 5.41) is 3.70. The Balaban J connectivity index is 2.32. The normalized spacial score (nSPS) is 24.6. The number of hydrogen-bond acceptors (Lipinski definition) is 4. The maximum Gasteiger partial charge on any atom is 0.186 e. The number of Topliss-reactive ketones (excluding diaryl/α,β-unsaturated/α-hetero) is 1. The van der Waals surface area contributed by atoms with Gasteiger partial charge in [0.15, 0.2) is 5.78 Å². The minimum Gasteiger partial charge on any atom is -0.383 e. The van der Waals surface area contributed by atoms with Crippen LogP contribution in [0.15, 0.2) is 12.3 Å². The van der Waals surface area contributed by atoms with Crippen molar-refractivity contribution in [2.24, 2.45) is 0 Å². The van der Waals surface area contributed by atoms with Gasteiger partial charge in [0.25, 0.3) is 0 Å². The zero-order chi connectivity index (χ0) is 12.5. The lowest BCUT2D eigenvalue weighted by molar-refractivity contribution is 0.0835. The van der Waals surface area contributed by atoms with Gasteiger partial charge in [0.05, 0.1) is 16.1 Å². The number of nitrogen functional groups attached to an aromatic ring is 1. The van der Waals surface area contributed by atoms with E-state index in [9.17, 15) is 4.79 Å². The zero-order valence-corrected chi connectivity index (χ0v) is 10.5. The predicted molar refractivity (Wildman–Crippen MR) is 68.2 cm³/mol. The third-order valence-electron chi connectivity index (χ3n) is 3.25. The zero-order valence-electron chi connectivity index (χ0n) is 9.79. The molecule has 0 saturated carbocycles. The van der Waals surface area contributed by atoms with Crippen LogP contribution in [0.5, 0.6) is 0 Å². The first-order valence-corrected chi connectivity index (χ1v) is 6.11. The van der Waals surface area contributed by atoms with E-state index in [-0.39, 0.29) is 11.6 Å². The van der Waals surface area contributed by atoms with Gasteiger partial charge in [-0.1, -0.05) is 11.6 Å². The number of aromatic nitrogens is 1. The number of halogens is 1. The number of piperidine rings is 1. The minimum absolute atomic E-state index is 0.0234. The van der Waals surface area contributed by atoms with Gasteiger partial charge in [-0.15, -0.1) is 0 Å². The first-order chi connectivity index (χ1) is 8.03. The molecule has 2 heterocycles. The molecule has 1 unspecified atom stereocenters. The molecule has 1 saturated heterocycles.